The summed E-state index contributed by atoms with van der Waals surface area (Å²) in [4.78, 5) is 11.5. The quantitative estimate of drug-likeness (QED) is 0.815. The molecule has 0 fully saturated rings. The first-order valence-corrected chi connectivity index (χ1v) is 5.32. The minimum absolute atomic E-state index is 0.225. The van der Waals surface area contributed by atoms with E-state index >= 15 is 0 Å². The van der Waals surface area contributed by atoms with Gasteiger partial charge in [0.25, 0.3) is 6.43 Å². The first kappa shape index (κ1) is 11.9. The second kappa shape index (κ2) is 5.18. The van der Waals surface area contributed by atoms with Crippen LogP contribution in [-0.2, 0) is 11.2 Å². The number of nitrogens with zero attached hydrogens (tertiary/aromatic N) is 2. The molecule has 0 aliphatic rings. The summed E-state index contributed by atoms with van der Waals surface area (Å²) in [5.74, 6) is 0.701. The van der Waals surface area contributed by atoms with Gasteiger partial charge < -0.3 is 9.72 Å². The number of halogens is 2. The molecule has 2 aromatic rings. The fraction of sp³-hybridized carbons (Fsp3) is 0.455. The van der Waals surface area contributed by atoms with Crippen molar-refractivity contribution in [3.8, 4) is 0 Å². The van der Waals surface area contributed by atoms with Crippen molar-refractivity contribution in [1.82, 2.24) is 15.0 Å². The van der Waals surface area contributed by atoms with E-state index in [0.29, 0.717) is 17.9 Å². The Morgan fingerprint density at radius 3 is 3.06 bits per heavy atom. The lowest BCUT2D eigenvalue weighted by Crippen LogP contribution is -2.07. The number of alkyl halides is 2. The number of aromatic nitrogens is 3. The van der Waals surface area contributed by atoms with Crippen molar-refractivity contribution in [2.24, 2.45) is 0 Å². The van der Waals surface area contributed by atoms with Crippen LogP contribution in [-0.4, -0.2) is 34.6 Å². The molecular weight excluding hydrogens is 228 g/mol. The minimum Gasteiger partial charge on any atom is -0.375 e. The highest BCUT2D eigenvalue weighted by molar-refractivity contribution is 5.70. The van der Waals surface area contributed by atoms with Gasteiger partial charge in [0.2, 0.25) is 0 Å². The number of aromatic amines is 1. The van der Waals surface area contributed by atoms with Crippen LogP contribution in [0, 0.1) is 6.92 Å². The minimum atomic E-state index is -2.42. The number of hydrogen-bond donors (Lipinski definition) is 1. The Morgan fingerprint density at radius 1 is 1.47 bits per heavy atom. The molecule has 0 radical (unpaired) electrons. The zero-order chi connectivity index (χ0) is 12.3. The zero-order valence-corrected chi connectivity index (χ0v) is 9.41. The van der Waals surface area contributed by atoms with E-state index in [4.69, 9.17) is 4.74 Å². The molecule has 0 aliphatic carbocycles. The van der Waals surface area contributed by atoms with E-state index in [2.05, 4.69) is 15.0 Å². The average molecular weight is 241 g/mol. The molecule has 2 aromatic heterocycles. The largest absolute Gasteiger partial charge is 0.375 e. The summed E-state index contributed by atoms with van der Waals surface area (Å²) in [7, 11) is 0. The molecular formula is C11H13F2N3O. The van der Waals surface area contributed by atoms with Crippen LogP contribution in [0.1, 0.15) is 11.4 Å². The number of nitrogens with one attached hydrogen (secondary N) is 1. The van der Waals surface area contributed by atoms with Crippen molar-refractivity contribution in [3.05, 3.63) is 23.7 Å². The Labute approximate surface area is 97.0 Å². The Balaban J connectivity index is 1.95. The number of pyridine rings is 1. The maximum atomic E-state index is 11.8. The highest BCUT2D eigenvalue weighted by Crippen LogP contribution is 2.10. The molecule has 2 rings (SSSR count). The Bertz CT molecular complexity index is 498. The number of fused-ring (bicyclic) bond motifs is 1. The Kier molecular flexibility index (Phi) is 3.63. The van der Waals surface area contributed by atoms with Gasteiger partial charge in [0, 0.05) is 12.6 Å². The number of rotatable bonds is 5. The SMILES string of the molecule is Cc1cnc2nc(CCOCC(F)F)[nH]c2c1. The van der Waals surface area contributed by atoms with Gasteiger partial charge in [-0.3, -0.25) is 0 Å². The first-order valence-electron chi connectivity index (χ1n) is 5.32. The lowest BCUT2D eigenvalue weighted by molar-refractivity contribution is 0.0183. The Hall–Kier alpha value is -1.56. The van der Waals surface area contributed by atoms with Gasteiger partial charge in [-0.2, -0.15) is 0 Å². The predicted octanol–water partition coefficient (Wildman–Crippen LogP) is 2.09. The zero-order valence-electron chi connectivity index (χ0n) is 9.41. The molecule has 92 valence electrons. The van der Waals surface area contributed by atoms with E-state index in [1.165, 1.54) is 0 Å². The second-order valence-corrected chi connectivity index (χ2v) is 3.78. The van der Waals surface area contributed by atoms with Crippen LogP contribution >= 0.6 is 0 Å². The molecule has 0 unspecified atom stereocenters. The van der Waals surface area contributed by atoms with E-state index in [0.717, 1.165) is 11.1 Å². The van der Waals surface area contributed by atoms with Crippen LogP contribution in [0.3, 0.4) is 0 Å². The normalized spacial score (nSPS) is 11.5. The molecule has 2 heterocycles. The summed E-state index contributed by atoms with van der Waals surface area (Å²) >= 11 is 0. The predicted molar refractivity (Wildman–Crippen MR) is 59.2 cm³/mol. The number of hydrogen-bond acceptors (Lipinski definition) is 3. The van der Waals surface area contributed by atoms with Crippen LogP contribution in [0.2, 0.25) is 0 Å². The van der Waals surface area contributed by atoms with E-state index in [-0.39, 0.29) is 6.61 Å². The lowest BCUT2D eigenvalue weighted by atomic mass is 10.3. The third-order valence-corrected chi connectivity index (χ3v) is 2.25. The van der Waals surface area contributed by atoms with Crippen molar-refractivity contribution in [2.75, 3.05) is 13.2 Å². The fourth-order valence-electron chi connectivity index (χ4n) is 1.51. The van der Waals surface area contributed by atoms with Crippen molar-refractivity contribution >= 4 is 11.2 Å². The molecule has 0 aliphatic heterocycles. The van der Waals surface area contributed by atoms with Gasteiger partial charge in [-0.15, -0.1) is 0 Å². The van der Waals surface area contributed by atoms with Crippen LogP contribution < -0.4 is 0 Å². The molecule has 0 amide bonds. The van der Waals surface area contributed by atoms with Crippen LogP contribution in [0.4, 0.5) is 8.78 Å². The molecule has 6 heteroatoms. The molecule has 0 bridgehead atoms. The van der Waals surface area contributed by atoms with Crippen molar-refractivity contribution in [1.29, 1.82) is 0 Å². The summed E-state index contributed by atoms with van der Waals surface area (Å²) in [6.45, 7) is 1.64. The highest BCUT2D eigenvalue weighted by atomic mass is 19.3. The maximum Gasteiger partial charge on any atom is 0.261 e. The first-order chi connectivity index (χ1) is 8.15. The van der Waals surface area contributed by atoms with E-state index in [1.807, 2.05) is 13.0 Å². The van der Waals surface area contributed by atoms with Gasteiger partial charge in [0.05, 0.1) is 12.1 Å². The molecule has 0 atom stereocenters. The molecule has 0 spiro atoms. The monoisotopic (exact) mass is 241 g/mol. The number of H-pyrrole nitrogens is 1. The number of ether oxygens (including phenoxy) is 1. The molecule has 4 nitrogen and oxygen atoms in total. The summed E-state index contributed by atoms with van der Waals surface area (Å²) in [5, 5.41) is 0. The maximum absolute atomic E-state index is 11.8. The fourth-order valence-corrected chi connectivity index (χ4v) is 1.51. The van der Waals surface area contributed by atoms with Gasteiger partial charge in [-0.25, -0.2) is 18.7 Å². The van der Waals surface area contributed by atoms with Gasteiger partial charge in [-0.1, -0.05) is 0 Å². The van der Waals surface area contributed by atoms with Crippen LogP contribution in [0.15, 0.2) is 12.3 Å². The van der Waals surface area contributed by atoms with Crippen molar-refractivity contribution in [2.45, 2.75) is 19.8 Å². The van der Waals surface area contributed by atoms with Crippen molar-refractivity contribution < 1.29 is 13.5 Å². The smallest absolute Gasteiger partial charge is 0.261 e. The molecule has 0 saturated carbocycles. The summed E-state index contributed by atoms with van der Waals surface area (Å²) in [6.07, 6.45) is -0.211. The Morgan fingerprint density at radius 2 is 2.29 bits per heavy atom. The van der Waals surface area contributed by atoms with E-state index in [9.17, 15) is 8.78 Å². The molecule has 0 aromatic carbocycles. The number of aryl methyl sites for hydroxylation is 1. The summed E-state index contributed by atoms with van der Waals surface area (Å²) < 4.78 is 28.4. The van der Waals surface area contributed by atoms with Gasteiger partial charge in [0.15, 0.2) is 5.65 Å². The molecule has 1 N–H and O–H groups in total. The molecule has 17 heavy (non-hydrogen) atoms. The van der Waals surface area contributed by atoms with Gasteiger partial charge in [-0.05, 0) is 18.6 Å². The average Bonchev–Trinajstić information content (AvgIpc) is 2.66. The van der Waals surface area contributed by atoms with Crippen LogP contribution in [0.5, 0.6) is 0 Å². The standard InChI is InChI=1S/C11H13F2N3O/c1-7-4-8-11(14-5-7)16-10(15-8)2-3-17-6-9(12)13/h4-5,9H,2-3,6H2,1H3,(H,14,15,16). The summed E-state index contributed by atoms with van der Waals surface area (Å²) in [6, 6.07) is 1.94. The van der Waals surface area contributed by atoms with Crippen LogP contribution in [0.25, 0.3) is 11.2 Å². The second-order valence-electron chi connectivity index (χ2n) is 3.78. The summed E-state index contributed by atoms with van der Waals surface area (Å²) in [5.41, 5.74) is 2.54. The van der Waals surface area contributed by atoms with Gasteiger partial charge in [0.1, 0.15) is 12.4 Å². The number of imidazole rings is 1. The van der Waals surface area contributed by atoms with E-state index < -0.39 is 13.0 Å². The highest BCUT2D eigenvalue weighted by Gasteiger charge is 2.05. The molecule has 0 saturated heterocycles. The topological polar surface area (TPSA) is 50.8 Å². The van der Waals surface area contributed by atoms with Gasteiger partial charge >= 0.3 is 0 Å². The third-order valence-electron chi connectivity index (χ3n) is 2.25. The van der Waals surface area contributed by atoms with E-state index in [1.54, 1.807) is 6.20 Å². The van der Waals surface area contributed by atoms with Crippen molar-refractivity contribution in [3.63, 3.8) is 0 Å². The lowest BCUT2D eigenvalue weighted by Gasteiger charge is -2.00. The third kappa shape index (κ3) is 3.20.